The van der Waals surface area contributed by atoms with Crippen molar-refractivity contribution in [1.29, 1.82) is 0 Å². The van der Waals surface area contributed by atoms with Crippen molar-refractivity contribution in [3.05, 3.63) is 53.6 Å². The first-order valence-corrected chi connectivity index (χ1v) is 11.5. The van der Waals surface area contributed by atoms with E-state index in [1.54, 1.807) is 0 Å². The summed E-state index contributed by atoms with van der Waals surface area (Å²) < 4.78 is 38.7. The van der Waals surface area contributed by atoms with Crippen LogP contribution >= 0.6 is 0 Å². The average molecular weight is 460 g/mol. The van der Waals surface area contributed by atoms with E-state index in [0.717, 1.165) is 80.9 Å². The highest BCUT2D eigenvalue weighted by Gasteiger charge is 2.45. The van der Waals surface area contributed by atoms with Gasteiger partial charge >= 0.3 is 12.2 Å². The Bertz CT molecular complexity index is 1020. The molecule has 176 valence electrons. The summed E-state index contributed by atoms with van der Waals surface area (Å²) in [5, 5.41) is 9.10. The molecule has 0 bridgehead atoms. The minimum Gasteiger partial charge on any atom is -0.395 e. The predicted molar refractivity (Wildman–Crippen MR) is 120 cm³/mol. The molecule has 2 saturated heterocycles. The molecule has 0 aromatic heterocycles. The summed E-state index contributed by atoms with van der Waals surface area (Å²) in [4.78, 5) is 19.3. The molecule has 2 aromatic rings. The Hall–Kier alpha value is -2.58. The summed E-state index contributed by atoms with van der Waals surface area (Å²) in [5.74, 6) is 0. The number of benzene rings is 2. The van der Waals surface area contributed by atoms with Crippen LogP contribution in [0.2, 0.25) is 0 Å². The normalized spacial score (nSPS) is 20.1. The number of hydrogen-bond acceptors (Lipinski definition) is 3. The Morgan fingerprint density at radius 2 is 1.64 bits per heavy atom. The van der Waals surface area contributed by atoms with Crippen LogP contribution in [0.15, 0.2) is 42.5 Å². The highest BCUT2D eigenvalue weighted by Crippen LogP contribution is 2.41. The van der Waals surface area contributed by atoms with Crippen LogP contribution in [0.1, 0.15) is 24.0 Å². The van der Waals surface area contributed by atoms with E-state index >= 15 is 0 Å². The fourth-order valence-corrected chi connectivity index (χ4v) is 5.47. The van der Waals surface area contributed by atoms with Crippen molar-refractivity contribution >= 4 is 11.7 Å². The number of piperidine rings is 1. The van der Waals surface area contributed by atoms with Gasteiger partial charge in [-0.1, -0.05) is 24.3 Å². The quantitative estimate of drug-likeness (QED) is 0.747. The number of nitrogens with zero attached hydrogens (tertiary/aromatic N) is 3. The van der Waals surface area contributed by atoms with E-state index in [-0.39, 0.29) is 18.1 Å². The summed E-state index contributed by atoms with van der Waals surface area (Å²) in [6, 6.07) is 11.0. The molecule has 2 aromatic carbocycles. The van der Waals surface area contributed by atoms with Crippen molar-refractivity contribution in [2.75, 3.05) is 50.8 Å². The largest absolute Gasteiger partial charge is 0.416 e. The molecule has 2 amide bonds. The molecule has 1 N–H and O–H groups in total. The first kappa shape index (κ1) is 22.2. The first-order chi connectivity index (χ1) is 15.8. The fourth-order valence-electron chi connectivity index (χ4n) is 5.47. The minimum atomic E-state index is -4.36. The molecule has 2 fully saturated rings. The summed E-state index contributed by atoms with van der Waals surface area (Å²) in [5.41, 5.74) is 3.06. The van der Waals surface area contributed by atoms with Gasteiger partial charge in [-0.15, -0.1) is 0 Å². The first-order valence-electron chi connectivity index (χ1n) is 11.5. The molecule has 33 heavy (non-hydrogen) atoms. The number of rotatable bonds is 3. The van der Waals surface area contributed by atoms with Crippen molar-refractivity contribution < 1.29 is 23.1 Å². The number of anilines is 1. The Morgan fingerprint density at radius 3 is 2.27 bits per heavy atom. The third-order valence-corrected chi connectivity index (χ3v) is 7.39. The van der Waals surface area contributed by atoms with Crippen LogP contribution in [0.5, 0.6) is 0 Å². The van der Waals surface area contributed by atoms with E-state index in [1.165, 1.54) is 12.1 Å². The lowest BCUT2D eigenvalue weighted by Crippen LogP contribution is -2.61. The van der Waals surface area contributed by atoms with Gasteiger partial charge in [0.15, 0.2) is 0 Å². The third kappa shape index (κ3) is 4.22. The van der Waals surface area contributed by atoms with Crippen LogP contribution < -0.4 is 4.90 Å². The predicted octanol–water partition coefficient (Wildman–Crippen LogP) is 4.25. The summed E-state index contributed by atoms with van der Waals surface area (Å²) >= 11 is 0. The van der Waals surface area contributed by atoms with E-state index < -0.39 is 11.7 Å². The fraction of sp³-hybridized carbons (Fsp3) is 0.480. The number of amides is 2. The smallest absolute Gasteiger partial charge is 0.395 e. The number of hydrogen-bond donors (Lipinski definition) is 1. The van der Waals surface area contributed by atoms with Gasteiger partial charge in [0.25, 0.3) is 0 Å². The van der Waals surface area contributed by atoms with Gasteiger partial charge in [0.05, 0.1) is 12.2 Å². The molecule has 3 aliphatic heterocycles. The molecule has 0 atom stereocenters. The number of carbonyl (C=O) groups excluding carboxylic acids is 1. The zero-order chi connectivity index (χ0) is 23.2. The van der Waals surface area contributed by atoms with Gasteiger partial charge in [-0.05, 0) is 59.6 Å². The number of alkyl halides is 3. The second-order valence-electron chi connectivity index (χ2n) is 9.52. The van der Waals surface area contributed by atoms with E-state index in [2.05, 4.69) is 4.90 Å². The number of β-amino-alcohol motifs (C(OH)–C–C–N with tert-alkyl or cyclic N) is 1. The number of halogens is 3. The standard InChI is InChI=1S/C25H28F3N3O2/c26-25(27,28)21-5-3-18(4-6-21)20-2-1-19-7-10-31(22(19)15-20)23(33)30-11-8-24(9-12-30)16-29(17-24)13-14-32/h1-6,15,32H,7-14,16-17H2. The number of likely N-dealkylation sites (tertiary alicyclic amines) is 2. The van der Waals surface area contributed by atoms with E-state index in [0.29, 0.717) is 12.1 Å². The maximum absolute atomic E-state index is 13.3. The Labute approximate surface area is 191 Å². The molecule has 3 aliphatic rings. The van der Waals surface area contributed by atoms with E-state index in [4.69, 9.17) is 5.11 Å². The van der Waals surface area contributed by atoms with Crippen LogP contribution in [0.3, 0.4) is 0 Å². The lowest BCUT2D eigenvalue weighted by Gasteiger charge is -2.54. The monoisotopic (exact) mass is 459 g/mol. The van der Waals surface area contributed by atoms with Gasteiger partial charge in [-0.3, -0.25) is 9.80 Å². The van der Waals surface area contributed by atoms with Gasteiger partial charge in [-0.25, -0.2) is 4.79 Å². The SMILES string of the molecule is O=C(N1CCC2(CC1)CN(CCO)C2)N1CCc2ccc(-c3ccc(C(F)(F)F)cc3)cc21. The number of aliphatic hydroxyl groups excluding tert-OH is 1. The topological polar surface area (TPSA) is 47.0 Å². The van der Waals surface area contributed by atoms with Crippen LogP contribution in [-0.2, 0) is 12.6 Å². The molecular formula is C25H28F3N3O2. The summed E-state index contributed by atoms with van der Waals surface area (Å²) in [6.45, 7) is 4.99. The molecule has 0 saturated carbocycles. The second kappa shape index (κ2) is 8.33. The zero-order valence-electron chi connectivity index (χ0n) is 18.4. The van der Waals surface area contributed by atoms with Crippen LogP contribution in [0, 0.1) is 5.41 Å². The third-order valence-electron chi connectivity index (χ3n) is 7.39. The Kier molecular flexibility index (Phi) is 5.61. The number of urea groups is 1. The summed E-state index contributed by atoms with van der Waals surface area (Å²) in [6.07, 6.45) is -1.62. The maximum Gasteiger partial charge on any atom is 0.416 e. The van der Waals surface area contributed by atoms with Crippen LogP contribution in [0.4, 0.5) is 23.7 Å². The van der Waals surface area contributed by atoms with Crippen molar-refractivity contribution in [3.63, 3.8) is 0 Å². The van der Waals surface area contributed by atoms with Crippen molar-refractivity contribution in [1.82, 2.24) is 9.80 Å². The van der Waals surface area contributed by atoms with Gasteiger partial charge in [-0.2, -0.15) is 13.2 Å². The summed E-state index contributed by atoms with van der Waals surface area (Å²) in [7, 11) is 0. The molecule has 3 heterocycles. The van der Waals surface area contributed by atoms with Gasteiger partial charge in [0, 0.05) is 45.0 Å². The molecule has 0 radical (unpaired) electrons. The molecule has 1 spiro atoms. The maximum atomic E-state index is 13.3. The van der Waals surface area contributed by atoms with Crippen LogP contribution in [0.25, 0.3) is 11.1 Å². The van der Waals surface area contributed by atoms with Crippen molar-refractivity contribution in [2.45, 2.75) is 25.4 Å². The van der Waals surface area contributed by atoms with Gasteiger partial charge in [0.2, 0.25) is 0 Å². The van der Waals surface area contributed by atoms with Gasteiger partial charge in [0.1, 0.15) is 0 Å². The number of fused-ring (bicyclic) bond motifs is 1. The van der Waals surface area contributed by atoms with Crippen LogP contribution in [-0.4, -0.2) is 66.8 Å². The highest BCUT2D eigenvalue weighted by molar-refractivity contribution is 5.95. The number of aliphatic hydroxyl groups is 1. The molecule has 5 rings (SSSR count). The van der Waals surface area contributed by atoms with Crippen molar-refractivity contribution in [2.24, 2.45) is 5.41 Å². The zero-order valence-corrected chi connectivity index (χ0v) is 18.4. The highest BCUT2D eigenvalue weighted by atomic mass is 19.4. The molecule has 5 nitrogen and oxygen atoms in total. The molecular weight excluding hydrogens is 431 g/mol. The molecule has 0 aliphatic carbocycles. The lowest BCUT2D eigenvalue weighted by molar-refractivity contribution is -0.137. The van der Waals surface area contributed by atoms with E-state index in [9.17, 15) is 18.0 Å². The lowest BCUT2D eigenvalue weighted by atomic mass is 9.72. The van der Waals surface area contributed by atoms with Crippen molar-refractivity contribution in [3.8, 4) is 11.1 Å². The Morgan fingerprint density at radius 1 is 0.970 bits per heavy atom. The van der Waals surface area contributed by atoms with Gasteiger partial charge < -0.3 is 10.0 Å². The minimum absolute atomic E-state index is 0.0136. The number of carbonyl (C=O) groups is 1. The molecule has 0 unspecified atom stereocenters. The molecule has 8 heteroatoms. The second-order valence-corrected chi connectivity index (χ2v) is 9.52. The average Bonchev–Trinajstić information content (AvgIpc) is 3.21. The Balaban J connectivity index is 1.27. The van der Waals surface area contributed by atoms with E-state index in [1.807, 2.05) is 28.0 Å².